The molecule has 2 aromatic carbocycles. The molecule has 0 spiro atoms. The highest BCUT2D eigenvalue weighted by atomic mass is 16.5. The third kappa shape index (κ3) is 5.88. The van der Waals surface area contributed by atoms with Crippen molar-refractivity contribution in [1.82, 2.24) is 0 Å². The van der Waals surface area contributed by atoms with Gasteiger partial charge in [0.05, 0.1) is 12.2 Å². The molecular formula is C22H18N2O5. The van der Waals surface area contributed by atoms with E-state index in [0.29, 0.717) is 23.7 Å². The predicted octanol–water partition coefficient (Wildman–Crippen LogP) is 3.34. The number of carbonyl (C=O) groups is 2. The van der Waals surface area contributed by atoms with Gasteiger partial charge in [-0.2, -0.15) is 5.26 Å². The van der Waals surface area contributed by atoms with Crippen LogP contribution in [0.2, 0.25) is 0 Å². The Bertz CT molecular complexity index is 1030. The molecule has 0 radical (unpaired) electrons. The summed E-state index contributed by atoms with van der Waals surface area (Å²) >= 11 is 0. The number of terminal acetylenes is 1. The fraction of sp³-hybridized carbons (Fsp3) is 0.136. The van der Waals surface area contributed by atoms with Crippen LogP contribution in [0.25, 0.3) is 6.08 Å². The van der Waals surface area contributed by atoms with Crippen molar-refractivity contribution in [3.8, 4) is 29.9 Å². The van der Waals surface area contributed by atoms with Crippen LogP contribution in [0.1, 0.15) is 22.8 Å². The van der Waals surface area contributed by atoms with Gasteiger partial charge in [0.25, 0.3) is 5.91 Å². The molecule has 0 saturated heterocycles. The maximum atomic E-state index is 12.4. The number of hydrogen-bond donors (Lipinski definition) is 2. The molecular weight excluding hydrogens is 372 g/mol. The van der Waals surface area contributed by atoms with E-state index >= 15 is 0 Å². The van der Waals surface area contributed by atoms with Gasteiger partial charge in [-0.3, -0.25) is 4.79 Å². The quantitative estimate of drug-likeness (QED) is 0.407. The molecule has 0 aliphatic heterocycles. The highest BCUT2D eigenvalue weighted by molar-refractivity contribution is 6.10. The van der Waals surface area contributed by atoms with Gasteiger partial charge in [0.2, 0.25) is 0 Å². The van der Waals surface area contributed by atoms with Crippen molar-refractivity contribution in [2.24, 2.45) is 0 Å². The molecule has 0 unspecified atom stereocenters. The van der Waals surface area contributed by atoms with E-state index in [1.165, 1.54) is 30.3 Å². The SMILES string of the molecule is C#CCOc1ccc(C=C(C#N)C(=O)Nc2cccc(C(=O)O)c2)cc1OCC. The number of amides is 1. The van der Waals surface area contributed by atoms with Gasteiger partial charge in [0.15, 0.2) is 11.5 Å². The van der Waals surface area contributed by atoms with E-state index in [-0.39, 0.29) is 23.4 Å². The monoisotopic (exact) mass is 390 g/mol. The molecule has 0 bridgehead atoms. The molecule has 7 nitrogen and oxygen atoms in total. The smallest absolute Gasteiger partial charge is 0.335 e. The van der Waals surface area contributed by atoms with Gasteiger partial charge in [-0.1, -0.05) is 18.1 Å². The van der Waals surface area contributed by atoms with Crippen molar-refractivity contribution in [2.45, 2.75) is 6.92 Å². The minimum atomic E-state index is -1.12. The topological polar surface area (TPSA) is 109 Å². The molecule has 0 atom stereocenters. The Kier molecular flexibility index (Phi) is 7.41. The third-order valence-corrected chi connectivity index (χ3v) is 3.62. The molecule has 0 saturated carbocycles. The molecule has 1 amide bonds. The first-order valence-corrected chi connectivity index (χ1v) is 8.58. The zero-order chi connectivity index (χ0) is 21.2. The number of nitriles is 1. The number of benzene rings is 2. The summed E-state index contributed by atoms with van der Waals surface area (Å²) in [5.74, 6) is 1.47. The normalized spacial score (nSPS) is 10.4. The molecule has 2 rings (SSSR count). The van der Waals surface area contributed by atoms with Crippen LogP contribution in [-0.4, -0.2) is 30.2 Å². The lowest BCUT2D eigenvalue weighted by Crippen LogP contribution is -2.14. The Morgan fingerprint density at radius 3 is 2.66 bits per heavy atom. The van der Waals surface area contributed by atoms with Crippen molar-refractivity contribution >= 4 is 23.6 Å². The standard InChI is InChI=1S/C22H18N2O5/c1-3-10-29-19-9-8-15(12-20(19)28-4-2)11-17(14-23)21(25)24-18-7-5-6-16(13-18)22(26)27/h1,5-9,11-13H,4,10H2,2H3,(H,24,25)(H,26,27). The van der Waals surface area contributed by atoms with Gasteiger partial charge in [-0.15, -0.1) is 6.42 Å². The fourth-order valence-corrected chi connectivity index (χ4v) is 2.37. The third-order valence-electron chi connectivity index (χ3n) is 3.62. The van der Waals surface area contributed by atoms with Crippen molar-refractivity contribution in [2.75, 3.05) is 18.5 Å². The van der Waals surface area contributed by atoms with Gasteiger partial charge in [0, 0.05) is 5.69 Å². The Morgan fingerprint density at radius 1 is 1.21 bits per heavy atom. The van der Waals surface area contributed by atoms with Gasteiger partial charge in [0.1, 0.15) is 18.2 Å². The number of aromatic carboxylic acids is 1. The lowest BCUT2D eigenvalue weighted by Gasteiger charge is -2.11. The van der Waals surface area contributed by atoms with Crippen molar-refractivity contribution < 1.29 is 24.2 Å². The summed E-state index contributed by atoms with van der Waals surface area (Å²) in [4.78, 5) is 23.5. The van der Waals surface area contributed by atoms with E-state index in [1.807, 2.05) is 13.0 Å². The second-order valence-corrected chi connectivity index (χ2v) is 5.64. The summed E-state index contributed by atoms with van der Waals surface area (Å²) in [5.41, 5.74) is 0.677. The molecule has 0 aliphatic carbocycles. The van der Waals surface area contributed by atoms with Crippen LogP contribution in [0.15, 0.2) is 48.0 Å². The molecule has 0 heterocycles. The van der Waals surface area contributed by atoms with E-state index in [0.717, 1.165) is 0 Å². The number of ether oxygens (including phenoxy) is 2. The maximum absolute atomic E-state index is 12.4. The molecule has 0 aliphatic rings. The zero-order valence-corrected chi connectivity index (χ0v) is 15.6. The number of nitrogens with one attached hydrogen (secondary N) is 1. The van der Waals surface area contributed by atoms with Crippen molar-refractivity contribution in [3.05, 3.63) is 59.2 Å². The zero-order valence-electron chi connectivity index (χ0n) is 15.6. The first-order valence-electron chi connectivity index (χ1n) is 8.58. The molecule has 29 heavy (non-hydrogen) atoms. The van der Waals surface area contributed by atoms with E-state index in [4.69, 9.17) is 21.0 Å². The lowest BCUT2D eigenvalue weighted by molar-refractivity contribution is -0.112. The van der Waals surface area contributed by atoms with E-state index in [2.05, 4.69) is 11.2 Å². The summed E-state index contributed by atoms with van der Waals surface area (Å²) in [6, 6.07) is 12.5. The summed E-state index contributed by atoms with van der Waals surface area (Å²) in [6.45, 7) is 2.29. The minimum absolute atomic E-state index is 0.0224. The summed E-state index contributed by atoms with van der Waals surface area (Å²) in [6.07, 6.45) is 6.59. The number of anilines is 1. The van der Waals surface area contributed by atoms with E-state index < -0.39 is 11.9 Å². The molecule has 7 heteroatoms. The van der Waals surface area contributed by atoms with Crippen LogP contribution in [0.3, 0.4) is 0 Å². The Hall–Kier alpha value is -4.23. The van der Waals surface area contributed by atoms with Crippen LogP contribution < -0.4 is 14.8 Å². The summed E-state index contributed by atoms with van der Waals surface area (Å²) < 4.78 is 10.9. The van der Waals surface area contributed by atoms with Gasteiger partial charge < -0.3 is 19.9 Å². The number of hydrogen-bond acceptors (Lipinski definition) is 5. The first kappa shape index (κ1) is 21.1. The highest BCUT2D eigenvalue weighted by Gasteiger charge is 2.12. The summed E-state index contributed by atoms with van der Waals surface area (Å²) in [5, 5.41) is 20.9. The Labute approximate surface area is 168 Å². The number of carboxylic acids is 1. The summed E-state index contributed by atoms with van der Waals surface area (Å²) in [7, 11) is 0. The van der Waals surface area contributed by atoms with E-state index in [1.54, 1.807) is 18.2 Å². The molecule has 2 N–H and O–H groups in total. The van der Waals surface area contributed by atoms with E-state index in [9.17, 15) is 14.9 Å². The number of carboxylic acid groups (broad SMARTS) is 1. The molecule has 0 fully saturated rings. The second-order valence-electron chi connectivity index (χ2n) is 5.64. The lowest BCUT2D eigenvalue weighted by atomic mass is 10.1. The van der Waals surface area contributed by atoms with Crippen molar-refractivity contribution in [3.63, 3.8) is 0 Å². The minimum Gasteiger partial charge on any atom is -0.490 e. The highest BCUT2D eigenvalue weighted by Crippen LogP contribution is 2.29. The van der Waals surface area contributed by atoms with Crippen LogP contribution in [-0.2, 0) is 4.79 Å². The van der Waals surface area contributed by atoms with Gasteiger partial charge in [-0.25, -0.2) is 4.79 Å². The second kappa shape index (κ2) is 10.2. The predicted molar refractivity (Wildman–Crippen MR) is 108 cm³/mol. The fourth-order valence-electron chi connectivity index (χ4n) is 2.37. The number of rotatable bonds is 8. The van der Waals surface area contributed by atoms with Crippen LogP contribution >= 0.6 is 0 Å². The maximum Gasteiger partial charge on any atom is 0.335 e. The average molecular weight is 390 g/mol. The van der Waals surface area contributed by atoms with Crippen molar-refractivity contribution in [1.29, 1.82) is 5.26 Å². The number of carbonyl (C=O) groups excluding carboxylic acids is 1. The van der Waals surface area contributed by atoms with Crippen LogP contribution in [0.5, 0.6) is 11.5 Å². The average Bonchev–Trinajstić information content (AvgIpc) is 2.71. The molecule has 146 valence electrons. The molecule has 0 aromatic heterocycles. The van der Waals surface area contributed by atoms with Crippen LogP contribution in [0.4, 0.5) is 5.69 Å². The first-order chi connectivity index (χ1) is 14.0. The Balaban J connectivity index is 2.26. The van der Waals surface area contributed by atoms with Gasteiger partial charge >= 0.3 is 5.97 Å². The Morgan fingerprint density at radius 2 is 2.00 bits per heavy atom. The van der Waals surface area contributed by atoms with Crippen LogP contribution in [0, 0.1) is 23.7 Å². The number of nitrogens with zero attached hydrogens (tertiary/aromatic N) is 1. The molecule has 2 aromatic rings. The van der Waals surface area contributed by atoms with Gasteiger partial charge in [-0.05, 0) is 48.9 Å². The largest absolute Gasteiger partial charge is 0.490 e.